The van der Waals surface area contributed by atoms with E-state index in [0.717, 1.165) is 50.0 Å². The number of aliphatic imine (C=N–C) groups is 1. The van der Waals surface area contributed by atoms with E-state index in [2.05, 4.69) is 127 Å². The number of furan rings is 1. The Morgan fingerprint density at radius 3 is 2.18 bits per heavy atom. The molecule has 0 saturated carbocycles. The van der Waals surface area contributed by atoms with E-state index in [1.807, 2.05) is 41.7 Å². The molecule has 0 saturated heterocycles. The molecule has 4 nitrogen and oxygen atoms in total. The van der Waals surface area contributed by atoms with Gasteiger partial charge in [0.2, 0.25) is 0 Å². The summed E-state index contributed by atoms with van der Waals surface area (Å²) in [7, 11) is 0. The molecule has 10 aromatic rings. The number of thiophene rings is 2. The van der Waals surface area contributed by atoms with E-state index in [1.165, 1.54) is 45.9 Å². The van der Waals surface area contributed by atoms with Crippen LogP contribution in [0.3, 0.4) is 0 Å². The Morgan fingerprint density at radius 2 is 1.31 bits per heavy atom. The summed E-state index contributed by atoms with van der Waals surface area (Å²) in [5.41, 5.74) is 14.1. The predicted octanol–water partition coefficient (Wildman–Crippen LogP) is 12.2. The number of hydrogen-bond acceptors (Lipinski definition) is 5. The maximum atomic E-state index is 6.95. The van der Waals surface area contributed by atoms with Crippen LogP contribution >= 0.6 is 22.7 Å². The number of nitrogens with one attached hydrogen (secondary N) is 1. The lowest BCUT2D eigenvalue weighted by molar-refractivity contribution is 0.664. The smallest absolute Gasteiger partial charge is 0.136 e. The van der Waals surface area contributed by atoms with Crippen molar-refractivity contribution < 1.29 is 4.42 Å². The van der Waals surface area contributed by atoms with Gasteiger partial charge in [-0.15, -0.1) is 22.7 Å². The highest BCUT2D eigenvalue weighted by molar-refractivity contribution is 7.26. The number of hydrogen-bond donors (Lipinski definition) is 2. The minimum absolute atomic E-state index is 0.489. The third-order valence-electron chi connectivity index (χ3n) is 9.78. The molecule has 3 N–H and O–H groups in total. The van der Waals surface area contributed by atoms with Gasteiger partial charge in [0.15, 0.2) is 0 Å². The highest BCUT2D eigenvalue weighted by Gasteiger charge is 2.17. The van der Waals surface area contributed by atoms with Crippen LogP contribution < -0.4 is 11.1 Å². The minimum Gasteiger partial charge on any atom is -0.456 e. The van der Waals surface area contributed by atoms with Gasteiger partial charge in [-0.05, 0) is 64.7 Å². The first-order valence-corrected chi connectivity index (χ1v) is 18.7. The Morgan fingerprint density at radius 1 is 0.588 bits per heavy atom. The van der Waals surface area contributed by atoms with E-state index < -0.39 is 6.17 Å². The largest absolute Gasteiger partial charge is 0.456 e. The Hall–Kier alpha value is -5.79. The van der Waals surface area contributed by atoms with Crippen LogP contribution in [0.5, 0.6) is 0 Å². The standard InChI is InChI=1S/C45H31N3OS2/c46-44(48-45(47-26-27-9-2-1-3-10-27)30-18-21-35-33-11-4-6-15-40(33)50-42(35)25-30)29-19-22-38-37(23-29)32-20-17-28(24-39(32)49-38)31-13-8-14-36-34-12-5-7-16-41(34)51-43(31)36/h1-25,44H,26,46H2,(H,47,48). The molecular formula is C45H31N3OS2. The molecule has 0 aliphatic carbocycles. The third kappa shape index (κ3) is 5.27. The maximum absolute atomic E-state index is 6.95. The lowest BCUT2D eigenvalue weighted by Crippen LogP contribution is -2.34. The molecule has 0 fully saturated rings. The highest BCUT2D eigenvalue weighted by Crippen LogP contribution is 2.41. The second-order valence-corrected chi connectivity index (χ2v) is 15.1. The summed E-state index contributed by atoms with van der Waals surface area (Å²) in [6.45, 7) is 0.545. The van der Waals surface area contributed by atoms with Gasteiger partial charge in [0.1, 0.15) is 23.2 Å². The SMILES string of the molecule is NC(NC(=NCc1ccccc1)c1ccc2c(c1)sc1ccccc12)c1ccc2oc3cc(-c4cccc5c4sc4ccccc45)ccc3c2c1. The van der Waals surface area contributed by atoms with Gasteiger partial charge in [-0.1, -0.05) is 109 Å². The molecular weight excluding hydrogens is 663 g/mol. The van der Waals surface area contributed by atoms with Crippen molar-refractivity contribution in [1.82, 2.24) is 5.32 Å². The van der Waals surface area contributed by atoms with E-state index in [9.17, 15) is 0 Å². The van der Waals surface area contributed by atoms with Crippen molar-refractivity contribution in [1.29, 1.82) is 0 Å². The normalized spacial score (nSPS) is 12.9. The van der Waals surface area contributed by atoms with Crippen LogP contribution in [0, 0.1) is 0 Å². The average molecular weight is 694 g/mol. The zero-order valence-corrected chi connectivity index (χ0v) is 29.1. The lowest BCUT2D eigenvalue weighted by atomic mass is 10.0. The first kappa shape index (κ1) is 30.1. The summed E-state index contributed by atoms with van der Waals surface area (Å²) in [5.74, 6) is 0.767. The number of amidine groups is 1. The molecule has 3 aromatic heterocycles. The fraction of sp³-hybridized carbons (Fsp3) is 0.0444. The van der Waals surface area contributed by atoms with Crippen LogP contribution in [0.25, 0.3) is 73.4 Å². The van der Waals surface area contributed by atoms with Crippen LogP contribution in [0.4, 0.5) is 0 Å². The molecule has 0 aliphatic heterocycles. The monoisotopic (exact) mass is 693 g/mol. The topological polar surface area (TPSA) is 63.5 Å². The van der Waals surface area contributed by atoms with Gasteiger partial charge in [-0.2, -0.15) is 0 Å². The van der Waals surface area contributed by atoms with Gasteiger partial charge < -0.3 is 15.5 Å². The predicted molar refractivity (Wildman–Crippen MR) is 218 cm³/mol. The highest BCUT2D eigenvalue weighted by atomic mass is 32.1. The van der Waals surface area contributed by atoms with Crippen LogP contribution in [-0.4, -0.2) is 5.84 Å². The molecule has 0 amide bonds. The molecule has 0 bridgehead atoms. The molecule has 1 unspecified atom stereocenters. The molecule has 0 spiro atoms. The fourth-order valence-electron chi connectivity index (χ4n) is 7.21. The number of nitrogens with two attached hydrogens (primary N) is 1. The molecule has 0 radical (unpaired) electrons. The Bertz CT molecular complexity index is 2950. The van der Waals surface area contributed by atoms with Gasteiger partial charge in [0.25, 0.3) is 0 Å². The van der Waals surface area contributed by atoms with E-state index in [0.29, 0.717) is 6.54 Å². The van der Waals surface area contributed by atoms with Gasteiger partial charge >= 0.3 is 0 Å². The quantitative estimate of drug-likeness (QED) is 0.103. The molecule has 0 aliphatic rings. The summed E-state index contributed by atoms with van der Waals surface area (Å²) in [4.78, 5) is 5.08. The Balaban J connectivity index is 0.999. The minimum atomic E-state index is -0.489. The number of nitrogens with zero attached hydrogens (tertiary/aromatic N) is 1. The molecule has 1 atom stereocenters. The summed E-state index contributed by atoms with van der Waals surface area (Å²) in [5, 5.41) is 10.8. The van der Waals surface area contributed by atoms with Crippen molar-refractivity contribution in [3.8, 4) is 11.1 Å². The van der Waals surface area contributed by atoms with E-state index in [4.69, 9.17) is 15.1 Å². The zero-order valence-electron chi connectivity index (χ0n) is 27.5. The molecule has 51 heavy (non-hydrogen) atoms. The van der Waals surface area contributed by atoms with Crippen molar-refractivity contribution >= 4 is 90.8 Å². The third-order valence-corrected chi connectivity index (χ3v) is 12.1. The second-order valence-electron chi connectivity index (χ2n) is 12.9. The molecule has 10 rings (SSSR count). The van der Waals surface area contributed by atoms with Crippen molar-refractivity contribution in [2.45, 2.75) is 12.7 Å². The van der Waals surface area contributed by atoms with Crippen molar-refractivity contribution in [2.75, 3.05) is 0 Å². The molecule has 7 aromatic carbocycles. The summed E-state index contributed by atoms with van der Waals surface area (Å²) < 4.78 is 11.5. The second kappa shape index (κ2) is 12.2. The number of rotatable bonds is 6. The van der Waals surface area contributed by atoms with Crippen molar-refractivity contribution in [2.24, 2.45) is 10.7 Å². The summed E-state index contributed by atoms with van der Waals surface area (Å²) in [6.07, 6.45) is -0.489. The van der Waals surface area contributed by atoms with Gasteiger partial charge in [-0.3, -0.25) is 4.99 Å². The van der Waals surface area contributed by atoms with Crippen LogP contribution in [0.2, 0.25) is 0 Å². The van der Waals surface area contributed by atoms with Crippen molar-refractivity contribution in [3.05, 3.63) is 168 Å². The van der Waals surface area contributed by atoms with E-state index >= 15 is 0 Å². The molecule has 6 heteroatoms. The maximum Gasteiger partial charge on any atom is 0.136 e. The van der Waals surface area contributed by atoms with E-state index in [1.54, 1.807) is 11.3 Å². The molecule has 244 valence electrons. The van der Waals surface area contributed by atoms with Crippen LogP contribution in [0.1, 0.15) is 22.9 Å². The molecule has 3 heterocycles. The number of fused-ring (bicyclic) bond motifs is 9. The van der Waals surface area contributed by atoms with Gasteiger partial charge in [-0.25, -0.2) is 0 Å². The van der Waals surface area contributed by atoms with Crippen LogP contribution in [0.15, 0.2) is 161 Å². The summed E-state index contributed by atoms with van der Waals surface area (Å²) >= 11 is 3.65. The zero-order chi connectivity index (χ0) is 33.9. The van der Waals surface area contributed by atoms with Crippen molar-refractivity contribution in [3.63, 3.8) is 0 Å². The average Bonchev–Trinajstić information content (AvgIpc) is 3.87. The van der Waals surface area contributed by atoms with Gasteiger partial charge in [0.05, 0.1) is 6.54 Å². The Kier molecular flexibility index (Phi) is 7.20. The fourth-order valence-corrected chi connectivity index (χ4v) is 9.59. The first-order chi connectivity index (χ1) is 25.2. The number of benzene rings is 7. The van der Waals surface area contributed by atoms with Crippen LogP contribution in [-0.2, 0) is 6.54 Å². The lowest BCUT2D eigenvalue weighted by Gasteiger charge is -2.18. The Labute approximate surface area is 302 Å². The summed E-state index contributed by atoms with van der Waals surface area (Å²) in [6, 6.07) is 53.5. The first-order valence-electron chi connectivity index (χ1n) is 17.1. The van der Waals surface area contributed by atoms with Gasteiger partial charge in [0, 0.05) is 56.7 Å². The van der Waals surface area contributed by atoms with E-state index in [-0.39, 0.29) is 0 Å².